The van der Waals surface area contributed by atoms with Crippen molar-refractivity contribution in [3.8, 4) is 0 Å². The van der Waals surface area contributed by atoms with Crippen LogP contribution in [0.15, 0.2) is 12.1 Å². The molecular formula is C14H19NO3S. The molecule has 0 radical (unpaired) electrons. The van der Waals surface area contributed by atoms with E-state index in [1.165, 1.54) is 24.2 Å². The average molecular weight is 281 g/mol. The highest BCUT2D eigenvalue weighted by Crippen LogP contribution is 2.16. The van der Waals surface area contributed by atoms with Gasteiger partial charge in [0.25, 0.3) is 5.91 Å². The zero-order valence-corrected chi connectivity index (χ0v) is 12.0. The standard InChI is InChI=1S/C14H19NO3S/c1-11-6-7-12(19-11)14(17)18-10-13(16)15-8-4-2-3-5-9-15/h6-7H,2-5,8-10H2,1H3. The fraction of sp³-hybridized carbons (Fsp3) is 0.571. The van der Waals surface area contributed by atoms with Crippen molar-refractivity contribution in [2.45, 2.75) is 32.6 Å². The summed E-state index contributed by atoms with van der Waals surface area (Å²) < 4.78 is 5.08. The minimum absolute atomic E-state index is 0.0801. The second-order valence-electron chi connectivity index (χ2n) is 4.78. The summed E-state index contributed by atoms with van der Waals surface area (Å²) in [6.07, 6.45) is 4.45. The summed E-state index contributed by atoms with van der Waals surface area (Å²) in [5.74, 6) is -0.482. The van der Waals surface area contributed by atoms with Crippen LogP contribution in [-0.2, 0) is 9.53 Å². The fourth-order valence-corrected chi connectivity index (χ4v) is 2.92. The predicted octanol–water partition coefficient (Wildman–Crippen LogP) is 2.62. The zero-order valence-electron chi connectivity index (χ0n) is 11.2. The molecule has 4 nitrogen and oxygen atoms in total. The second-order valence-corrected chi connectivity index (χ2v) is 6.07. The molecule has 0 atom stereocenters. The van der Waals surface area contributed by atoms with E-state index in [1.807, 2.05) is 13.0 Å². The highest BCUT2D eigenvalue weighted by atomic mass is 32.1. The molecule has 1 aromatic heterocycles. The van der Waals surface area contributed by atoms with Crippen molar-refractivity contribution >= 4 is 23.2 Å². The van der Waals surface area contributed by atoms with Crippen molar-refractivity contribution in [3.63, 3.8) is 0 Å². The summed E-state index contributed by atoms with van der Waals surface area (Å²) in [4.78, 5) is 27.1. The van der Waals surface area contributed by atoms with E-state index in [9.17, 15) is 9.59 Å². The van der Waals surface area contributed by atoms with Gasteiger partial charge in [0.2, 0.25) is 0 Å². The van der Waals surface area contributed by atoms with E-state index in [2.05, 4.69) is 0 Å². The fourth-order valence-electron chi connectivity index (χ4n) is 2.15. The molecule has 1 aromatic rings. The molecule has 0 unspecified atom stereocenters. The van der Waals surface area contributed by atoms with Crippen LogP contribution in [0.3, 0.4) is 0 Å². The van der Waals surface area contributed by atoms with Crippen molar-refractivity contribution in [1.29, 1.82) is 0 Å². The summed E-state index contributed by atoms with van der Waals surface area (Å²) in [6.45, 7) is 3.36. The zero-order chi connectivity index (χ0) is 13.7. The highest BCUT2D eigenvalue weighted by Gasteiger charge is 2.18. The van der Waals surface area contributed by atoms with Gasteiger partial charge in [-0.3, -0.25) is 4.79 Å². The van der Waals surface area contributed by atoms with Crippen LogP contribution in [0.4, 0.5) is 0 Å². The van der Waals surface area contributed by atoms with E-state index in [1.54, 1.807) is 11.0 Å². The second kappa shape index (κ2) is 6.70. The molecule has 19 heavy (non-hydrogen) atoms. The number of rotatable bonds is 3. The molecule has 0 saturated carbocycles. The molecule has 0 spiro atoms. The lowest BCUT2D eigenvalue weighted by Gasteiger charge is -2.19. The first kappa shape index (κ1) is 14.1. The smallest absolute Gasteiger partial charge is 0.348 e. The molecule has 2 heterocycles. The molecule has 1 aliphatic heterocycles. The molecule has 0 N–H and O–H groups in total. The Morgan fingerprint density at radius 2 is 1.89 bits per heavy atom. The highest BCUT2D eigenvalue weighted by molar-refractivity contribution is 7.13. The lowest BCUT2D eigenvalue weighted by atomic mass is 10.2. The molecular weight excluding hydrogens is 262 g/mol. The Bertz CT molecular complexity index is 447. The lowest BCUT2D eigenvalue weighted by Crippen LogP contribution is -2.35. The van der Waals surface area contributed by atoms with Crippen LogP contribution in [0.5, 0.6) is 0 Å². The third kappa shape index (κ3) is 4.06. The molecule has 1 aliphatic rings. The maximum atomic E-state index is 11.9. The maximum Gasteiger partial charge on any atom is 0.348 e. The molecule has 1 saturated heterocycles. The third-order valence-corrected chi connectivity index (χ3v) is 4.21. The van der Waals surface area contributed by atoms with Gasteiger partial charge in [-0.25, -0.2) is 4.79 Å². The number of hydrogen-bond donors (Lipinski definition) is 0. The van der Waals surface area contributed by atoms with Gasteiger partial charge in [0.05, 0.1) is 0 Å². The van der Waals surface area contributed by atoms with E-state index in [4.69, 9.17) is 4.74 Å². The van der Waals surface area contributed by atoms with Gasteiger partial charge in [0.15, 0.2) is 6.61 Å². The summed E-state index contributed by atoms with van der Waals surface area (Å²) in [5, 5.41) is 0. The van der Waals surface area contributed by atoms with Crippen molar-refractivity contribution in [3.05, 3.63) is 21.9 Å². The number of thiophene rings is 1. The molecule has 5 heteroatoms. The Morgan fingerprint density at radius 3 is 2.47 bits per heavy atom. The van der Waals surface area contributed by atoms with E-state index in [-0.39, 0.29) is 12.5 Å². The van der Waals surface area contributed by atoms with Gasteiger partial charge in [-0.15, -0.1) is 11.3 Å². The molecule has 104 valence electrons. The number of likely N-dealkylation sites (tertiary alicyclic amines) is 1. The van der Waals surface area contributed by atoms with Gasteiger partial charge in [-0.2, -0.15) is 0 Å². The van der Waals surface area contributed by atoms with Crippen LogP contribution in [0.1, 0.15) is 40.2 Å². The van der Waals surface area contributed by atoms with Gasteiger partial charge in [0.1, 0.15) is 4.88 Å². The van der Waals surface area contributed by atoms with E-state index in [0.29, 0.717) is 4.88 Å². The van der Waals surface area contributed by atoms with Crippen LogP contribution in [0.2, 0.25) is 0 Å². The quantitative estimate of drug-likeness (QED) is 0.800. The Balaban J connectivity index is 1.81. The first-order chi connectivity index (χ1) is 9.16. The average Bonchev–Trinajstić information content (AvgIpc) is 2.68. The van der Waals surface area contributed by atoms with Crippen LogP contribution >= 0.6 is 11.3 Å². The summed E-state index contributed by atoms with van der Waals surface area (Å²) in [6, 6.07) is 3.61. The van der Waals surface area contributed by atoms with Crippen LogP contribution in [0, 0.1) is 6.92 Å². The largest absolute Gasteiger partial charge is 0.451 e. The number of carbonyl (C=O) groups excluding carboxylic acids is 2. The Hall–Kier alpha value is -1.36. The number of aryl methyl sites for hydroxylation is 1. The van der Waals surface area contributed by atoms with Gasteiger partial charge in [-0.1, -0.05) is 12.8 Å². The molecule has 2 rings (SSSR count). The summed E-state index contributed by atoms with van der Waals surface area (Å²) in [7, 11) is 0. The topological polar surface area (TPSA) is 46.6 Å². The van der Waals surface area contributed by atoms with Gasteiger partial charge in [0, 0.05) is 18.0 Å². The number of nitrogens with zero attached hydrogens (tertiary/aromatic N) is 1. The first-order valence-corrected chi connectivity index (χ1v) is 7.50. The Labute approximate surface area is 117 Å². The number of amides is 1. The summed E-state index contributed by atoms with van der Waals surface area (Å²) >= 11 is 1.39. The number of ether oxygens (including phenoxy) is 1. The van der Waals surface area contributed by atoms with Gasteiger partial charge < -0.3 is 9.64 Å². The first-order valence-electron chi connectivity index (χ1n) is 6.68. The SMILES string of the molecule is Cc1ccc(C(=O)OCC(=O)N2CCCCCC2)s1. The molecule has 1 amide bonds. The summed E-state index contributed by atoms with van der Waals surface area (Å²) in [5.41, 5.74) is 0. The van der Waals surface area contributed by atoms with E-state index >= 15 is 0 Å². The normalized spacial score (nSPS) is 15.9. The molecule has 0 aliphatic carbocycles. The minimum atomic E-state index is -0.402. The van der Waals surface area contributed by atoms with Crippen LogP contribution in [-0.4, -0.2) is 36.5 Å². The monoisotopic (exact) mass is 281 g/mol. The van der Waals surface area contributed by atoms with Crippen molar-refractivity contribution < 1.29 is 14.3 Å². The van der Waals surface area contributed by atoms with Crippen molar-refractivity contribution in [1.82, 2.24) is 4.90 Å². The van der Waals surface area contributed by atoms with Gasteiger partial charge >= 0.3 is 5.97 Å². The maximum absolute atomic E-state index is 11.9. The van der Waals surface area contributed by atoms with E-state index in [0.717, 1.165) is 30.8 Å². The number of esters is 1. The van der Waals surface area contributed by atoms with Crippen molar-refractivity contribution in [2.75, 3.05) is 19.7 Å². The van der Waals surface area contributed by atoms with Gasteiger partial charge in [-0.05, 0) is 31.9 Å². The number of hydrogen-bond acceptors (Lipinski definition) is 4. The molecule has 0 bridgehead atoms. The van der Waals surface area contributed by atoms with Crippen molar-refractivity contribution in [2.24, 2.45) is 0 Å². The third-order valence-electron chi connectivity index (χ3n) is 3.23. The minimum Gasteiger partial charge on any atom is -0.451 e. The molecule has 0 aromatic carbocycles. The lowest BCUT2D eigenvalue weighted by molar-refractivity contribution is -0.134. The Morgan fingerprint density at radius 1 is 1.21 bits per heavy atom. The number of carbonyl (C=O) groups is 2. The van der Waals surface area contributed by atoms with Crippen LogP contribution in [0.25, 0.3) is 0 Å². The molecule has 1 fully saturated rings. The van der Waals surface area contributed by atoms with Crippen LogP contribution < -0.4 is 0 Å². The Kier molecular flexibility index (Phi) is 4.96. The van der Waals surface area contributed by atoms with E-state index < -0.39 is 5.97 Å². The predicted molar refractivity (Wildman–Crippen MR) is 74.4 cm³/mol.